The minimum Gasteiger partial charge on any atom is -0.362 e. The molecular formula is C8H17N3O2S2. The van der Waals surface area contributed by atoms with Crippen molar-refractivity contribution >= 4 is 27.4 Å². The van der Waals surface area contributed by atoms with Gasteiger partial charge in [0.1, 0.15) is 0 Å². The standard InChI is InChI=1S/C8H17N3O2S2/c1-11(2)15(12,13)6-5-9-8(14)10-7-3-4-7/h7H,3-6H2,1-2H3,(H2,9,10,14). The van der Waals surface area contributed by atoms with Crippen LogP contribution in [-0.4, -0.2) is 50.3 Å². The summed E-state index contributed by atoms with van der Waals surface area (Å²) in [6.07, 6.45) is 2.30. The van der Waals surface area contributed by atoms with E-state index in [0.717, 1.165) is 12.8 Å². The van der Waals surface area contributed by atoms with Gasteiger partial charge in [0.15, 0.2) is 5.11 Å². The number of nitrogens with one attached hydrogen (secondary N) is 2. The molecule has 0 unspecified atom stereocenters. The lowest BCUT2D eigenvalue weighted by Crippen LogP contribution is -2.40. The SMILES string of the molecule is CN(C)S(=O)(=O)CCNC(=S)NC1CC1. The van der Waals surface area contributed by atoms with Gasteiger partial charge in [-0.15, -0.1) is 0 Å². The van der Waals surface area contributed by atoms with Crippen molar-refractivity contribution in [1.82, 2.24) is 14.9 Å². The van der Waals surface area contributed by atoms with Gasteiger partial charge in [0.2, 0.25) is 10.0 Å². The molecule has 7 heteroatoms. The maximum Gasteiger partial charge on any atom is 0.215 e. The van der Waals surface area contributed by atoms with Crippen LogP contribution in [0.1, 0.15) is 12.8 Å². The monoisotopic (exact) mass is 251 g/mol. The molecular weight excluding hydrogens is 234 g/mol. The Balaban J connectivity index is 2.17. The maximum absolute atomic E-state index is 11.4. The third kappa shape index (κ3) is 4.76. The zero-order valence-corrected chi connectivity index (χ0v) is 10.6. The molecule has 0 atom stereocenters. The average Bonchev–Trinajstić information content (AvgIpc) is 2.87. The van der Waals surface area contributed by atoms with Crippen LogP contribution in [0.4, 0.5) is 0 Å². The predicted octanol–water partition coefficient (Wildman–Crippen LogP) is -0.496. The van der Waals surface area contributed by atoms with Crippen LogP contribution in [0.5, 0.6) is 0 Å². The van der Waals surface area contributed by atoms with Gasteiger partial charge in [0.25, 0.3) is 0 Å². The second-order valence-electron chi connectivity index (χ2n) is 3.77. The van der Waals surface area contributed by atoms with Gasteiger partial charge in [-0.2, -0.15) is 0 Å². The van der Waals surface area contributed by atoms with E-state index in [0.29, 0.717) is 17.7 Å². The molecule has 2 N–H and O–H groups in total. The van der Waals surface area contributed by atoms with Crippen molar-refractivity contribution in [1.29, 1.82) is 0 Å². The first-order valence-corrected chi connectivity index (χ1v) is 6.88. The highest BCUT2D eigenvalue weighted by molar-refractivity contribution is 7.89. The molecule has 1 fully saturated rings. The summed E-state index contributed by atoms with van der Waals surface area (Å²) >= 11 is 4.99. The summed E-state index contributed by atoms with van der Waals surface area (Å²) in [5, 5.41) is 6.51. The number of hydrogen-bond donors (Lipinski definition) is 2. The molecule has 1 aliphatic rings. The fraction of sp³-hybridized carbons (Fsp3) is 0.875. The molecule has 0 radical (unpaired) electrons. The van der Waals surface area contributed by atoms with Crippen LogP contribution in [0.2, 0.25) is 0 Å². The summed E-state index contributed by atoms with van der Waals surface area (Å²) in [6.45, 7) is 0.346. The minimum atomic E-state index is -3.12. The van der Waals surface area contributed by atoms with Gasteiger partial charge >= 0.3 is 0 Å². The van der Waals surface area contributed by atoms with Crippen LogP contribution in [0.3, 0.4) is 0 Å². The summed E-state index contributed by atoms with van der Waals surface area (Å²) in [4.78, 5) is 0. The zero-order valence-electron chi connectivity index (χ0n) is 8.99. The van der Waals surface area contributed by atoms with Crippen molar-refractivity contribution in [3.63, 3.8) is 0 Å². The molecule has 15 heavy (non-hydrogen) atoms. The van der Waals surface area contributed by atoms with Gasteiger partial charge in [0, 0.05) is 26.7 Å². The van der Waals surface area contributed by atoms with Gasteiger partial charge in [-0.05, 0) is 25.1 Å². The van der Waals surface area contributed by atoms with Crippen molar-refractivity contribution in [3.05, 3.63) is 0 Å². The molecule has 5 nitrogen and oxygen atoms in total. The number of thiocarbonyl (C=S) groups is 1. The third-order valence-electron chi connectivity index (χ3n) is 2.11. The van der Waals surface area contributed by atoms with Gasteiger partial charge in [-0.1, -0.05) is 0 Å². The summed E-state index contributed by atoms with van der Waals surface area (Å²) in [5.74, 6) is 0.0620. The Morgan fingerprint density at radius 2 is 2.07 bits per heavy atom. The lowest BCUT2D eigenvalue weighted by Gasteiger charge is -2.13. The van der Waals surface area contributed by atoms with Crippen LogP contribution in [0.25, 0.3) is 0 Å². The highest BCUT2D eigenvalue weighted by Gasteiger charge is 2.21. The van der Waals surface area contributed by atoms with E-state index in [1.807, 2.05) is 0 Å². The number of nitrogens with zero attached hydrogens (tertiary/aromatic N) is 1. The summed E-state index contributed by atoms with van der Waals surface area (Å²) in [6, 6.07) is 0.496. The smallest absolute Gasteiger partial charge is 0.215 e. The van der Waals surface area contributed by atoms with E-state index < -0.39 is 10.0 Å². The Bertz CT molecular complexity index is 323. The van der Waals surface area contributed by atoms with Crippen LogP contribution in [0, 0.1) is 0 Å². The van der Waals surface area contributed by atoms with Crippen molar-refractivity contribution in [2.45, 2.75) is 18.9 Å². The first-order chi connectivity index (χ1) is 6.92. The Labute approximate surface area is 96.3 Å². The predicted molar refractivity (Wildman–Crippen MR) is 64.2 cm³/mol. The highest BCUT2D eigenvalue weighted by atomic mass is 32.2. The van der Waals surface area contributed by atoms with Crippen molar-refractivity contribution in [2.24, 2.45) is 0 Å². The third-order valence-corrected chi connectivity index (χ3v) is 4.21. The number of hydrogen-bond acceptors (Lipinski definition) is 3. The molecule has 0 aliphatic heterocycles. The second-order valence-corrected chi connectivity index (χ2v) is 6.48. The summed E-state index contributed by atoms with van der Waals surface area (Å²) in [5.41, 5.74) is 0. The number of sulfonamides is 1. The molecule has 0 heterocycles. The van der Waals surface area contributed by atoms with Crippen molar-refractivity contribution < 1.29 is 8.42 Å². The zero-order chi connectivity index (χ0) is 11.5. The Morgan fingerprint density at radius 1 is 1.47 bits per heavy atom. The lowest BCUT2D eigenvalue weighted by atomic mass is 10.7. The van der Waals surface area contributed by atoms with Gasteiger partial charge in [0.05, 0.1) is 5.75 Å². The topological polar surface area (TPSA) is 61.4 Å². The fourth-order valence-corrected chi connectivity index (χ4v) is 1.93. The van der Waals surface area contributed by atoms with E-state index >= 15 is 0 Å². The van der Waals surface area contributed by atoms with Gasteiger partial charge in [-0.3, -0.25) is 0 Å². The van der Waals surface area contributed by atoms with E-state index in [-0.39, 0.29) is 5.75 Å². The highest BCUT2D eigenvalue weighted by Crippen LogP contribution is 2.18. The summed E-state index contributed by atoms with van der Waals surface area (Å²) < 4.78 is 24.0. The first kappa shape index (κ1) is 12.7. The van der Waals surface area contributed by atoms with Crippen LogP contribution in [0.15, 0.2) is 0 Å². The van der Waals surface area contributed by atoms with Crippen LogP contribution < -0.4 is 10.6 Å². The summed E-state index contributed by atoms with van der Waals surface area (Å²) in [7, 11) is -0.0755. The van der Waals surface area contributed by atoms with E-state index in [1.54, 1.807) is 0 Å². The fourth-order valence-electron chi connectivity index (χ4n) is 0.940. The molecule has 0 saturated heterocycles. The molecule has 0 aromatic rings. The quantitative estimate of drug-likeness (QED) is 0.645. The van der Waals surface area contributed by atoms with Gasteiger partial charge < -0.3 is 10.6 Å². The second kappa shape index (κ2) is 5.09. The normalized spacial score (nSPS) is 16.5. The van der Waals surface area contributed by atoms with E-state index in [9.17, 15) is 8.42 Å². The van der Waals surface area contributed by atoms with E-state index in [4.69, 9.17) is 12.2 Å². The molecule has 0 spiro atoms. The molecule has 0 aromatic heterocycles. The molecule has 0 aromatic carbocycles. The van der Waals surface area contributed by atoms with Gasteiger partial charge in [-0.25, -0.2) is 12.7 Å². The number of rotatable bonds is 5. The average molecular weight is 251 g/mol. The Morgan fingerprint density at radius 3 is 2.53 bits per heavy atom. The van der Waals surface area contributed by atoms with Crippen LogP contribution in [-0.2, 0) is 10.0 Å². The molecule has 0 bridgehead atoms. The lowest BCUT2D eigenvalue weighted by molar-refractivity contribution is 0.520. The first-order valence-electron chi connectivity index (χ1n) is 4.86. The Hall–Kier alpha value is -0.400. The molecule has 0 amide bonds. The van der Waals surface area contributed by atoms with Crippen molar-refractivity contribution in [3.8, 4) is 0 Å². The molecule has 88 valence electrons. The largest absolute Gasteiger partial charge is 0.362 e. The van der Waals surface area contributed by atoms with E-state index in [1.165, 1.54) is 18.4 Å². The molecule has 1 saturated carbocycles. The minimum absolute atomic E-state index is 0.0620. The van der Waals surface area contributed by atoms with E-state index in [2.05, 4.69) is 10.6 Å². The van der Waals surface area contributed by atoms with Crippen molar-refractivity contribution in [2.75, 3.05) is 26.4 Å². The molecule has 1 rings (SSSR count). The molecule has 1 aliphatic carbocycles. The Kier molecular flexibility index (Phi) is 4.30. The van der Waals surface area contributed by atoms with Crippen LogP contribution >= 0.6 is 12.2 Å². The maximum atomic E-state index is 11.4.